The Balaban J connectivity index is 2.70. The van der Waals surface area contributed by atoms with Crippen LogP contribution in [-0.2, 0) is 0 Å². The van der Waals surface area contributed by atoms with Crippen molar-refractivity contribution in [2.24, 2.45) is 0 Å². The van der Waals surface area contributed by atoms with Crippen LogP contribution in [0.2, 0.25) is 0 Å². The lowest BCUT2D eigenvalue weighted by Crippen LogP contribution is -2.18. The van der Waals surface area contributed by atoms with E-state index in [9.17, 15) is 9.18 Å². The molecule has 1 aromatic heterocycles. The van der Waals surface area contributed by atoms with E-state index in [0.717, 1.165) is 0 Å². The average Bonchev–Trinajstić information content (AvgIpc) is 2.23. The minimum absolute atomic E-state index is 0.254. The van der Waals surface area contributed by atoms with Crippen molar-refractivity contribution < 1.29 is 4.39 Å². The first-order chi connectivity index (χ1) is 7.20. The highest BCUT2D eigenvalue weighted by Gasteiger charge is 2.06. The number of nitrogens with zero attached hydrogens (tertiary/aromatic N) is 1. The van der Waals surface area contributed by atoms with Crippen LogP contribution in [-0.4, -0.2) is 4.57 Å². The molecular formula is C11H7BrFNO. The van der Waals surface area contributed by atoms with Gasteiger partial charge in [-0.1, -0.05) is 12.1 Å². The molecule has 0 radical (unpaired) electrons. The number of hydrogen-bond donors (Lipinski definition) is 0. The van der Waals surface area contributed by atoms with Crippen LogP contribution in [0, 0.1) is 5.82 Å². The van der Waals surface area contributed by atoms with Crippen molar-refractivity contribution >= 4 is 15.9 Å². The van der Waals surface area contributed by atoms with Gasteiger partial charge in [-0.05, 0) is 40.2 Å². The molecular weight excluding hydrogens is 261 g/mol. The molecule has 0 saturated heterocycles. The largest absolute Gasteiger partial charge is 0.280 e. The van der Waals surface area contributed by atoms with Crippen LogP contribution in [0.5, 0.6) is 0 Å². The van der Waals surface area contributed by atoms with E-state index in [2.05, 4.69) is 15.9 Å². The highest BCUT2D eigenvalue weighted by atomic mass is 79.9. The number of rotatable bonds is 1. The zero-order valence-corrected chi connectivity index (χ0v) is 9.24. The molecule has 0 aliphatic carbocycles. The standard InChI is InChI=1S/C11H7BrFNO/c12-8-4-3-7-14(11(8)15)10-6-2-1-5-9(10)13/h1-7H. The third-order valence-electron chi connectivity index (χ3n) is 2.01. The normalized spacial score (nSPS) is 10.3. The van der Waals surface area contributed by atoms with Crippen molar-refractivity contribution in [3.63, 3.8) is 0 Å². The minimum Gasteiger partial charge on any atom is -0.280 e. The van der Waals surface area contributed by atoms with Crippen molar-refractivity contribution in [3.05, 3.63) is 63.2 Å². The summed E-state index contributed by atoms with van der Waals surface area (Å²) < 4.78 is 15.1. The molecule has 2 aromatic rings. The van der Waals surface area contributed by atoms with Crippen LogP contribution in [0.3, 0.4) is 0 Å². The molecule has 0 aliphatic rings. The molecule has 0 unspecified atom stereocenters. The van der Waals surface area contributed by atoms with Crippen molar-refractivity contribution in [2.45, 2.75) is 0 Å². The van der Waals surface area contributed by atoms with Gasteiger partial charge >= 0.3 is 0 Å². The van der Waals surface area contributed by atoms with E-state index in [1.807, 2.05) is 0 Å². The van der Waals surface area contributed by atoms with Crippen molar-refractivity contribution in [1.29, 1.82) is 0 Å². The summed E-state index contributed by atoms with van der Waals surface area (Å²) in [5.74, 6) is -0.419. The fourth-order valence-corrected chi connectivity index (χ4v) is 1.65. The SMILES string of the molecule is O=c1c(Br)cccn1-c1ccccc1F. The van der Waals surface area contributed by atoms with Crippen LogP contribution in [0.1, 0.15) is 0 Å². The molecule has 0 aliphatic heterocycles. The number of para-hydroxylation sites is 1. The number of benzene rings is 1. The highest BCUT2D eigenvalue weighted by Crippen LogP contribution is 2.11. The fraction of sp³-hybridized carbons (Fsp3) is 0. The molecule has 0 saturated carbocycles. The second kappa shape index (κ2) is 3.98. The van der Waals surface area contributed by atoms with Gasteiger partial charge in [-0.2, -0.15) is 0 Å². The summed E-state index contributed by atoms with van der Waals surface area (Å²) in [4.78, 5) is 11.7. The van der Waals surface area contributed by atoms with Gasteiger partial charge in [-0.3, -0.25) is 9.36 Å². The van der Waals surface area contributed by atoms with Gasteiger partial charge in [0.2, 0.25) is 0 Å². The van der Waals surface area contributed by atoms with E-state index < -0.39 is 5.82 Å². The lowest BCUT2D eigenvalue weighted by molar-refractivity contribution is 0.616. The van der Waals surface area contributed by atoms with Crippen molar-refractivity contribution in [3.8, 4) is 5.69 Å². The predicted octanol–water partition coefficient (Wildman–Crippen LogP) is 2.74. The quantitative estimate of drug-likeness (QED) is 0.779. The first kappa shape index (κ1) is 10.1. The first-order valence-electron chi connectivity index (χ1n) is 4.32. The summed E-state index contributed by atoms with van der Waals surface area (Å²) in [6, 6.07) is 9.46. The highest BCUT2D eigenvalue weighted by molar-refractivity contribution is 9.10. The predicted molar refractivity (Wildman–Crippen MR) is 59.7 cm³/mol. The van der Waals surface area contributed by atoms with Gasteiger partial charge in [0.05, 0.1) is 10.2 Å². The van der Waals surface area contributed by atoms with Crippen molar-refractivity contribution in [1.82, 2.24) is 4.57 Å². The van der Waals surface area contributed by atoms with Gasteiger partial charge in [0.25, 0.3) is 5.56 Å². The molecule has 0 bridgehead atoms. The third kappa shape index (κ3) is 1.85. The molecule has 0 atom stereocenters. The van der Waals surface area contributed by atoms with Crippen LogP contribution >= 0.6 is 15.9 Å². The molecule has 2 nitrogen and oxygen atoms in total. The molecule has 15 heavy (non-hydrogen) atoms. The monoisotopic (exact) mass is 267 g/mol. The molecule has 0 amide bonds. The van der Waals surface area contributed by atoms with Crippen LogP contribution in [0.4, 0.5) is 4.39 Å². The topological polar surface area (TPSA) is 22.0 Å². The summed E-state index contributed by atoms with van der Waals surface area (Å²) in [6.07, 6.45) is 1.53. The molecule has 0 fully saturated rings. The Morgan fingerprint density at radius 2 is 1.87 bits per heavy atom. The van der Waals surface area contributed by atoms with Gasteiger partial charge in [-0.25, -0.2) is 4.39 Å². The fourth-order valence-electron chi connectivity index (χ4n) is 1.30. The van der Waals surface area contributed by atoms with E-state index in [4.69, 9.17) is 0 Å². The Morgan fingerprint density at radius 3 is 2.60 bits per heavy atom. The van der Waals surface area contributed by atoms with Gasteiger partial charge in [0, 0.05) is 6.20 Å². The molecule has 1 heterocycles. The Hall–Kier alpha value is -1.42. The second-order valence-corrected chi connectivity index (χ2v) is 3.84. The lowest BCUT2D eigenvalue weighted by atomic mass is 10.3. The molecule has 1 aromatic carbocycles. The summed E-state index contributed by atoms with van der Waals surface area (Å²) >= 11 is 3.11. The van der Waals surface area contributed by atoms with E-state index in [1.165, 1.54) is 16.8 Å². The van der Waals surface area contributed by atoms with E-state index >= 15 is 0 Å². The maximum Gasteiger partial charge on any atom is 0.269 e. The first-order valence-corrected chi connectivity index (χ1v) is 5.11. The molecule has 0 N–H and O–H groups in total. The Kier molecular flexibility index (Phi) is 2.68. The minimum atomic E-state index is -0.419. The number of halogens is 2. The maximum atomic E-state index is 13.4. The average molecular weight is 268 g/mol. The maximum absolute atomic E-state index is 13.4. The Morgan fingerprint density at radius 1 is 1.13 bits per heavy atom. The molecule has 2 rings (SSSR count). The molecule has 4 heteroatoms. The third-order valence-corrected chi connectivity index (χ3v) is 2.62. The van der Waals surface area contributed by atoms with E-state index in [1.54, 1.807) is 30.3 Å². The summed E-state index contributed by atoms with van der Waals surface area (Å²) in [5.41, 5.74) is -0.0219. The zero-order chi connectivity index (χ0) is 10.8. The smallest absolute Gasteiger partial charge is 0.269 e. The Bertz CT molecular complexity index is 550. The van der Waals surface area contributed by atoms with Gasteiger partial charge < -0.3 is 0 Å². The van der Waals surface area contributed by atoms with Crippen LogP contribution < -0.4 is 5.56 Å². The summed E-state index contributed by atoms with van der Waals surface area (Å²) in [7, 11) is 0. The van der Waals surface area contributed by atoms with E-state index in [0.29, 0.717) is 4.47 Å². The lowest BCUT2D eigenvalue weighted by Gasteiger charge is -2.06. The summed E-state index contributed by atoms with van der Waals surface area (Å²) in [5, 5.41) is 0. The van der Waals surface area contributed by atoms with Crippen molar-refractivity contribution in [2.75, 3.05) is 0 Å². The number of aromatic nitrogens is 1. The van der Waals surface area contributed by atoms with Crippen LogP contribution in [0.25, 0.3) is 5.69 Å². The van der Waals surface area contributed by atoms with E-state index in [-0.39, 0.29) is 11.2 Å². The number of pyridine rings is 1. The van der Waals surface area contributed by atoms with Crippen LogP contribution in [0.15, 0.2) is 51.9 Å². The zero-order valence-electron chi connectivity index (χ0n) is 7.65. The van der Waals surface area contributed by atoms with Gasteiger partial charge in [0.15, 0.2) is 0 Å². The molecule has 76 valence electrons. The van der Waals surface area contributed by atoms with Gasteiger partial charge in [0.1, 0.15) is 5.82 Å². The summed E-state index contributed by atoms with van der Waals surface area (Å²) in [6.45, 7) is 0. The second-order valence-electron chi connectivity index (χ2n) is 2.98. The molecule has 0 spiro atoms. The van der Waals surface area contributed by atoms with Gasteiger partial charge in [-0.15, -0.1) is 0 Å². The number of hydrogen-bond acceptors (Lipinski definition) is 1. The Labute approximate surface area is 94.1 Å².